The topological polar surface area (TPSA) is 58.5 Å². The summed E-state index contributed by atoms with van der Waals surface area (Å²) in [5, 5.41) is 9.86. The lowest BCUT2D eigenvalue weighted by atomic mass is 10.2. The fourth-order valence-electron chi connectivity index (χ4n) is 2.27. The summed E-state index contributed by atoms with van der Waals surface area (Å²) in [5.41, 5.74) is 2.22. The number of hydrogen-bond donors (Lipinski definition) is 2. The second-order valence-corrected chi connectivity index (χ2v) is 6.33. The number of nitrogens with zero attached hydrogens (tertiary/aromatic N) is 2. The number of para-hydroxylation sites is 1. The van der Waals surface area contributed by atoms with Crippen LogP contribution in [-0.4, -0.2) is 30.6 Å². The molecule has 0 fully saturated rings. The molecular formula is C18H26N4OS. The molecule has 6 heteroatoms. The van der Waals surface area contributed by atoms with Gasteiger partial charge in [-0.1, -0.05) is 18.2 Å². The van der Waals surface area contributed by atoms with E-state index in [0.717, 1.165) is 47.5 Å². The average Bonchev–Trinajstić information content (AvgIpc) is 2.99. The lowest BCUT2D eigenvalue weighted by molar-refractivity contribution is 0.336. The number of aliphatic imine (C=N–C) groups is 1. The van der Waals surface area contributed by atoms with Crippen LogP contribution in [0, 0.1) is 6.92 Å². The molecule has 0 spiro atoms. The predicted octanol–water partition coefficient (Wildman–Crippen LogP) is 3.15. The van der Waals surface area contributed by atoms with Gasteiger partial charge in [0.05, 0.1) is 23.9 Å². The van der Waals surface area contributed by atoms with E-state index in [-0.39, 0.29) is 0 Å². The van der Waals surface area contributed by atoms with E-state index < -0.39 is 0 Å². The van der Waals surface area contributed by atoms with Crippen molar-refractivity contribution in [3.63, 3.8) is 0 Å². The Hall–Kier alpha value is -2.08. The summed E-state index contributed by atoms with van der Waals surface area (Å²) < 4.78 is 5.65. The first kappa shape index (κ1) is 18.3. The number of hydrogen-bond acceptors (Lipinski definition) is 4. The van der Waals surface area contributed by atoms with E-state index in [4.69, 9.17) is 4.74 Å². The first-order chi connectivity index (χ1) is 11.7. The molecule has 1 heterocycles. The maximum atomic E-state index is 5.65. The van der Waals surface area contributed by atoms with Crippen LogP contribution < -0.4 is 15.4 Å². The maximum absolute atomic E-state index is 5.65. The van der Waals surface area contributed by atoms with E-state index >= 15 is 0 Å². The highest BCUT2D eigenvalue weighted by atomic mass is 32.1. The van der Waals surface area contributed by atoms with Crippen LogP contribution in [0.1, 0.15) is 30.1 Å². The molecule has 5 nitrogen and oxygen atoms in total. The van der Waals surface area contributed by atoms with Crippen molar-refractivity contribution in [1.82, 2.24) is 15.6 Å². The number of aryl methyl sites for hydroxylation is 1. The van der Waals surface area contributed by atoms with Crippen LogP contribution >= 0.6 is 11.3 Å². The zero-order valence-corrected chi connectivity index (χ0v) is 15.4. The number of thiazole rings is 1. The van der Waals surface area contributed by atoms with Gasteiger partial charge in [-0.3, -0.25) is 0 Å². The normalized spacial score (nSPS) is 11.4. The van der Waals surface area contributed by atoms with Crippen molar-refractivity contribution in [3.8, 4) is 5.75 Å². The second-order valence-electron chi connectivity index (χ2n) is 5.27. The Balaban J connectivity index is 1.92. The molecule has 0 bridgehead atoms. The summed E-state index contributed by atoms with van der Waals surface area (Å²) in [4.78, 5) is 9.14. The molecule has 1 aromatic heterocycles. The summed E-state index contributed by atoms with van der Waals surface area (Å²) in [6, 6.07) is 8.03. The minimum Gasteiger partial charge on any atom is -0.494 e. The molecule has 0 radical (unpaired) electrons. The summed E-state index contributed by atoms with van der Waals surface area (Å²) in [6.45, 7) is 8.97. The van der Waals surface area contributed by atoms with E-state index in [1.807, 2.05) is 32.0 Å². The van der Waals surface area contributed by atoms with Gasteiger partial charge in [0, 0.05) is 30.5 Å². The molecule has 2 N–H and O–H groups in total. The minimum absolute atomic E-state index is 0.585. The Morgan fingerprint density at radius 2 is 2.08 bits per heavy atom. The zero-order valence-electron chi connectivity index (χ0n) is 14.6. The van der Waals surface area contributed by atoms with Crippen LogP contribution in [0.15, 0.2) is 34.6 Å². The largest absolute Gasteiger partial charge is 0.494 e. The molecule has 2 rings (SSSR count). The van der Waals surface area contributed by atoms with E-state index in [9.17, 15) is 0 Å². The number of ether oxygens (including phenoxy) is 1. The van der Waals surface area contributed by atoms with E-state index in [2.05, 4.69) is 39.0 Å². The molecule has 0 amide bonds. The van der Waals surface area contributed by atoms with Gasteiger partial charge in [0.1, 0.15) is 5.75 Å². The van der Waals surface area contributed by atoms with Gasteiger partial charge in [0.25, 0.3) is 0 Å². The molecule has 0 aliphatic heterocycles. The highest BCUT2D eigenvalue weighted by Crippen LogP contribution is 2.18. The van der Waals surface area contributed by atoms with Crippen molar-refractivity contribution in [2.75, 3.05) is 19.7 Å². The van der Waals surface area contributed by atoms with Crippen molar-refractivity contribution in [1.29, 1.82) is 0 Å². The SMILES string of the molecule is CCNC(=NCc1ccccc1OCC)NCCc1csc(C)n1. The Bertz CT molecular complexity index is 654. The smallest absolute Gasteiger partial charge is 0.191 e. The quantitative estimate of drug-likeness (QED) is 0.569. The van der Waals surface area contributed by atoms with Crippen molar-refractivity contribution >= 4 is 17.3 Å². The van der Waals surface area contributed by atoms with Gasteiger partial charge < -0.3 is 15.4 Å². The predicted molar refractivity (Wildman–Crippen MR) is 101 cm³/mol. The lowest BCUT2D eigenvalue weighted by Gasteiger charge is -2.12. The number of aromatic nitrogens is 1. The highest BCUT2D eigenvalue weighted by Gasteiger charge is 2.04. The molecule has 2 aromatic rings. The van der Waals surface area contributed by atoms with Crippen LogP contribution in [0.3, 0.4) is 0 Å². The van der Waals surface area contributed by atoms with Crippen LogP contribution in [0.25, 0.3) is 0 Å². The molecule has 0 saturated heterocycles. The second kappa shape index (κ2) is 9.93. The van der Waals surface area contributed by atoms with Crippen molar-refractivity contribution in [2.45, 2.75) is 33.7 Å². The van der Waals surface area contributed by atoms with Crippen LogP contribution in [0.5, 0.6) is 5.75 Å². The molecule has 0 saturated carbocycles. The molecule has 24 heavy (non-hydrogen) atoms. The Morgan fingerprint density at radius 3 is 2.79 bits per heavy atom. The van der Waals surface area contributed by atoms with Crippen LogP contribution in [0.2, 0.25) is 0 Å². The molecular weight excluding hydrogens is 320 g/mol. The first-order valence-corrected chi connectivity index (χ1v) is 9.24. The Kier molecular flexibility index (Phi) is 7.55. The molecule has 130 valence electrons. The Morgan fingerprint density at radius 1 is 1.25 bits per heavy atom. The monoisotopic (exact) mass is 346 g/mol. The molecule has 0 atom stereocenters. The minimum atomic E-state index is 0.585. The van der Waals surface area contributed by atoms with Gasteiger partial charge in [0.15, 0.2) is 5.96 Å². The van der Waals surface area contributed by atoms with Crippen molar-refractivity contribution in [2.24, 2.45) is 4.99 Å². The fraction of sp³-hybridized carbons (Fsp3) is 0.444. The van der Waals surface area contributed by atoms with Crippen LogP contribution in [-0.2, 0) is 13.0 Å². The molecule has 0 aliphatic rings. The van der Waals surface area contributed by atoms with Gasteiger partial charge >= 0.3 is 0 Å². The van der Waals surface area contributed by atoms with Gasteiger partial charge in [-0.2, -0.15) is 0 Å². The van der Waals surface area contributed by atoms with Gasteiger partial charge in [0.2, 0.25) is 0 Å². The third-order valence-electron chi connectivity index (χ3n) is 3.36. The van der Waals surface area contributed by atoms with Crippen LogP contribution in [0.4, 0.5) is 0 Å². The number of nitrogens with one attached hydrogen (secondary N) is 2. The number of rotatable bonds is 8. The molecule has 0 aliphatic carbocycles. The molecule has 0 unspecified atom stereocenters. The van der Waals surface area contributed by atoms with Crippen molar-refractivity contribution < 1.29 is 4.74 Å². The summed E-state index contributed by atoms with van der Waals surface area (Å²) >= 11 is 1.69. The number of benzene rings is 1. The zero-order chi connectivity index (χ0) is 17.2. The van der Waals surface area contributed by atoms with Gasteiger partial charge in [-0.05, 0) is 26.8 Å². The molecule has 1 aromatic carbocycles. The first-order valence-electron chi connectivity index (χ1n) is 8.36. The van der Waals surface area contributed by atoms with Gasteiger partial charge in [-0.25, -0.2) is 9.98 Å². The third-order valence-corrected chi connectivity index (χ3v) is 4.19. The maximum Gasteiger partial charge on any atom is 0.191 e. The number of guanidine groups is 1. The average molecular weight is 347 g/mol. The fourth-order valence-corrected chi connectivity index (χ4v) is 2.92. The van der Waals surface area contributed by atoms with E-state index in [0.29, 0.717) is 13.2 Å². The third kappa shape index (κ3) is 5.85. The summed E-state index contributed by atoms with van der Waals surface area (Å²) in [5.74, 6) is 1.72. The van der Waals surface area contributed by atoms with E-state index in [1.54, 1.807) is 11.3 Å². The lowest BCUT2D eigenvalue weighted by Crippen LogP contribution is -2.38. The summed E-state index contributed by atoms with van der Waals surface area (Å²) in [6.07, 6.45) is 0.893. The highest BCUT2D eigenvalue weighted by molar-refractivity contribution is 7.09. The van der Waals surface area contributed by atoms with Crippen molar-refractivity contribution in [3.05, 3.63) is 45.9 Å². The van der Waals surface area contributed by atoms with Gasteiger partial charge in [-0.15, -0.1) is 11.3 Å². The summed E-state index contributed by atoms with van der Waals surface area (Å²) in [7, 11) is 0. The standard InChI is InChI=1S/C18H26N4OS/c1-4-19-18(20-11-10-16-13-24-14(3)22-16)21-12-15-8-6-7-9-17(15)23-5-2/h6-9,13H,4-5,10-12H2,1-3H3,(H2,19,20,21). The Labute approximate surface area is 148 Å². The van der Waals surface area contributed by atoms with E-state index in [1.165, 1.54) is 0 Å².